The molecule has 1 aromatic heterocycles. The van der Waals surface area contributed by atoms with E-state index in [4.69, 9.17) is 23.2 Å². The molecule has 24 heavy (non-hydrogen) atoms. The Bertz CT molecular complexity index is 952. The van der Waals surface area contributed by atoms with Crippen LogP contribution in [0.15, 0.2) is 41.5 Å². The number of carbonyl (C=O) groups excluding carboxylic acids is 1. The van der Waals surface area contributed by atoms with Gasteiger partial charge in [0.2, 0.25) is 0 Å². The summed E-state index contributed by atoms with van der Waals surface area (Å²) >= 11 is 13.0. The fourth-order valence-corrected chi connectivity index (χ4v) is 3.67. The minimum Gasteiger partial charge on any atom is -0.266 e. The Morgan fingerprint density at radius 3 is 2.75 bits per heavy atom. The van der Waals surface area contributed by atoms with E-state index in [1.165, 1.54) is 36.4 Å². The molecule has 0 radical (unpaired) electrons. The molecule has 2 aromatic carbocycles. The predicted octanol–water partition coefficient (Wildman–Crippen LogP) is 5.25. The van der Waals surface area contributed by atoms with Crippen LogP contribution in [0.25, 0.3) is 10.1 Å². The molecule has 1 amide bonds. The van der Waals surface area contributed by atoms with Crippen molar-refractivity contribution in [2.45, 2.75) is 0 Å². The number of hydrogen-bond acceptors (Lipinski definition) is 3. The molecule has 0 unspecified atom stereocenters. The number of carbonyl (C=O) groups is 1. The first-order chi connectivity index (χ1) is 11.5. The van der Waals surface area contributed by atoms with E-state index in [1.807, 2.05) is 0 Å². The van der Waals surface area contributed by atoms with Crippen molar-refractivity contribution < 1.29 is 13.6 Å². The number of benzene rings is 2. The number of hydrogen-bond donors (Lipinski definition) is 1. The molecule has 0 aliphatic rings. The summed E-state index contributed by atoms with van der Waals surface area (Å²) in [5.41, 5.74) is 2.31. The van der Waals surface area contributed by atoms with E-state index < -0.39 is 17.5 Å². The third-order valence-electron chi connectivity index (χ3n) is 3.16. The zero-order valence-electron chi connectivity index (χ0n) is 11.8. The zero-order valence-corrected chi connectivity index (χ0v) is 14.1. The summed E-state index contributed by atoms with van der Waals surface area (Å²) in [5, 5.41) is 4.66. The summed E-state index contributed by atoms with van der Waals surface area (Å²) in [4.78, 5) is 12.3. The highest BCUT2D eigenvalue weighted by molar-refractivity contribution is 7.21. The number of thiophene rings is 1. The average molecular weight is 385 g/mol. The van der Waals surface area contributed by atoms with Gasteiger partial charge < -0.3 is 0 Å². The summed E-state index contributed by atoms with van der Waals surface area (Å²) in [6.07, 6.45) is 1.11. The molecule has 0 saturated heterocycles. The molecule has 0 saturated carbocycles. The lowest BCUT2D eigenvalue weighted by molar-refractivity contribution is 0.0959. The largest absolute Gasteiger partial charge is 0.283 e. The summed E-state index contributed by atoms with van der Waals surface area (Å²) < 4.78 is 27.4. The van der Waals surface area contributed by atoms with Crippen LogP contribution in [0.5, 0.6) is 0 Å². The van der Waals surface area contributed by atoms with Crippen molar-refractivity contribution in [2.24, 2.45) is 5.10 Å². The molecule has 3 nitrogen and oxygen atoms in total. The van der Waals surface area contributed by atoms with E-state index in [-0.39, 0.29) is 20.5 Å². The zero-order chi connectivity index (χ0) is 17.3. The smallest absolute Gasteiger partial charge is 0.266 e. The lowest BCUT2D eigenvalue weighted by atomic mass is 10.2. The van der Waals surface area contributed by atoms with Gasteiger partial charge >= 0.3 is 0 Å². The van der Waals surface area contributed by atoms with Gasteiger partial charge in [-0.15, -0.1) is 11.3 Å². The van der Waals surface area contributed by atoms with E-state index >= 15 is 0 Å². The lowest BCUT2D eigenvalue weighted by Gasteiger charge is -2.00. The van der Waals surface area contributed by atoms with Crippen LogP contribution in [0.2, 0.25) is 10.0 Å². The van der Waals surface area contributed by atoms with E-state index in [0.717, 1.165) is 17.6 Å². The normalized spacial score (nSPS) is 11.3. The highest BCUT2D eigenvalue weighted by atomic mass is 35.5. The number of halogens is 4. The van der Waals surface area contributed by atoms with Gasteiger partial charge in [0.05, 0.1) is 16.3 Å². The Hall–Kier alpha value is -2.02. The minimum absolute atomic E-state index is 0.0592. The fraction of sp³-hybridized carbons (Fsp3) is 0. The molecule has 3 aromatic rings. The molecule has 0 fully saturated rings. The van der Waals surface area contributed by atoms with Crippen LogP contribution in [0, 0.1) is 11.6 Å². The molecule has 0 bridgehead atoms. The van der Waals surface area contributed by atoms with Gasteiger partial charge in [0, 0.05) is 15.6 Å². The van der Waals surface area contributed by atoms with E-state index in [9.17, 15) is 13.6 Å². The molecule has 0 aliphatic heterocycles. The molecular weight excluding hydrogens is 377 g/mol. The van der Waals surface area contributed by atoms with Crippen LogP contribution in [0.3, 0.4) is 0 Å². The van der Waals surface area contributed by atoms with E-state index in [2.05, 4.69) is 10.5 Å². The number of nitrogens with zero attached hydrogens (tertiary/aromatic N) is 1. The maximum Gasteiger partial charge on any atom is 0.283 e. The standard InChI is InChI=1S/C16H8Cl2F2N2OS/c17-11-2-1-3-12(20)10(11)7-21-22-16(23)15-14(18)9-5-4-8(19)6-13(9)24-15/h1-7H,(H,22,23)/b21-7-. The molecular formula is C16H8Cl2F2N2OS. The maximum atomic E-state index is 13.6. The number of hydrazone groups is 1. The van der Waals surface area contributed by atoms with Gasteiger partial charge in [-0.1, -0.05) is 29.3 Å². The van der Waals surface area contributed by atoms with Crippen molar-refractivity contribution in [1.29, 1.82) is 0 Å². The quantitative estimate of drug-likeness (QED) is 0.486. The SMILES string of the molecule is O=C(N/N=C\c1c(F)cccc1Cl)c1sc2cc(F)ccc2c1Cl. The van der Waals surface area contributed by atoms with Crippen molar-refractivity contribution in [3.05, 3.63) is 68.5 Å². The number of fused-ring (bicyclic) bond motifs is 1. The maximum absolute atomic E-state index is 13.6. The average Bonchev–Trinajstić information content (AvgIpc) is 2.86. The van der Waals surface area contributed by atoms with Gasteiger partial charge in [0.15, 0.2) is 0 Å². The van der Waals surface area contributed by atoms with Crippen molar-refractivity contribution in [3.63, 3.8) is 0 Å². The molecule has 1 N–H and O–H groups in total. The highest BCUT2D eigenvalue weighted by Crippen LogP contribution is 2.35. The summed E-state index contributed by atoms with van der Waals surface area (Å²) in [5.74, 6) is -1.55. The third-order valence-corrected chi connectivity index (χ3v) is 5.14. The Kier molecular flexibility index (Phi) is 4.80. The minimum atomic E-state index is -0.578. The number of amides is 1. The summed E-state index contributed by atoms with van der Waals surface area (Å²) in [6.45, 7) is 0. The van der Waals surface area contributed by atoms with Crippen molar-refractivity contribution in [1.82, 2.24) is 5.43 Å². The van der Waals surface area contributed by atoms with Gasteiger partial charge in [-0.05, 0) is 30.3 Å². The molecule has 0 aliphatic carbocycles. The number of rotatable bonds is 3. The van der Waals surface area contributed by atoms with Crippen molar-refractivity contribution in [3.8, 4) is 0 Å². The second kappa shape index (κ2) is 6.84. The van der Waals surface area contributed by atoms with E-state index in [0.29, 0.717) is 10.1 Å². The van der Waals surface area contributed by atoms with Crippen molar-refractivity contribution in [2.75, 3.05) is 0 Å². The van der Waals surface area contributed by atoms with E-state index in [1.54, 1.807) is 0 Å². The van der Waals surface area contributed by atoms with Gasteiger partial charge in [-0.25, -0.2) is 14.2 Å². The molecule has 0 spiro atoms. The lowest BCUT2D eigenvalue weighted by Crippen LogP contribution is -2.16. The van der Waals surface area contributed by atoms with Crippen LogP contribution >= 0.6 is 34.5 Å². The Balaban J connectivity index is 1.83. The first-order valence-electron chi connectivity index (χ1n) is 6.62. The second-order valence-electron chi connectivity index (χ2n) is 4.72. The topological polar surface area (TPSA) is 41.5 Å². The molecule has 3 rings (SSSR count). The molecule has 0 atom stereocenters. The molecule has 122 valence electrons. The van der Waals surface area contributed by atoms with Crippen LogP contribution in [-0.4, -0.2) is 12.1 Å². The number of nitrogens with one attached hydrogen (secondary N) is 1. The first-order valence-corrected chi connectivity index (χ1v) is 8.19. The Morgan fingerprint density at radius 2 is 2.00 bits per heavy atom. The van der Waals surface area contributed by atoms with Gasteiger partial charge in [0.25, 0.3) is 5.91 Å². The first kappa shape index (κ1) is 16.8. The Labute approximate surface area is 149 Å². The second-order valence-corrected chi connectivity index (χ2v) is 6.56. The van der Waals surface area contributed by atoms with Gasteiger partial charge in [-0.2, -0.15) is 5.10 Å². The predicted molar refractivity (Wildman–Crippen MR) is 93.3 cm³/mol. The monoisotopic (exact) mass is 384 g/mol. The summed E-state index contributed by atoms with van der Waals surface area (Å²) in [6, 6.07) is 8.26. The van der Waals surface area contributed by atoms with Crippen LogP contribution in [0.1, 0.15) is 15.2 Å². The summed E-state index contributed by atoms with van der Waals surface area (Å²) in [7, 11) is 0. The molecule has 1 heterocycles. The van der Waals surface area contributed by atoms with Crippen LogP contribution in [-0.2, 0) is 0 Å². The molecule has 8 heteroatoms. The van der Waals surface area contributed by atoms with Crippen molar-refractivity contribution >= 4 is 56.7 Å². The van der Waals surface area contributed by atoms with Gasteiger partial charge in [-0.3, -0.25) is 4.79 Å². The van der Waals surface area contributed by atoms with Crippen LogP contribution < -0.4 is 5.43 Å². The van der Waals surface area contributed by atoms with Crippen LogP contribution in [0.4, 0.5) is 8.78 Å². The Morgan fingerprint density at radius 1 is 1.21 bits per heavy atom. The van der Waals surface area contributed by atoms with Gasteiger partial charge in [0.1, 0.15) is 16.5 Å². The highest BCUT2D eigenvalue weighted by Gasteiger charge is 2.17. The third kappa shape index (κ3) is 3.26. The fourth-order valence-electron chi connectivity index (χ4n) is 2.03.